The summed E-state index contributed by atoms with van der Waals surface area (Å²) in [6, 6.07) is 5.69. The van der Waals surface area contributed by atoms with Crippen molar-refractivity contribution in [1.29, 1.82) is 0 Å². The Kier molecular flexibility index (Phi) is 8.06. The molecule has 4 rings (SSSR count). The van der Waals surface area contributed by atoms with E-state index in [1.54, 1.807) is 6.20 Å². The van der Waals surface area contributed by atoms with Crippen molar-refractivity contribution >= 4 is 17.3 Å². The topological polar surface area (TPSA) is 98.5 Å². The number of aromatic nitrogens is 4. The fraction of sp³-hybridized carbons (Fsp3) is 0.522. The largest absolute Gasteiger partial charge is 0.396 e. The van der Waals surface area contributed by atoms with Crippen LogP contribution in [0.25, 0.3) is 5.65 Å². The minimum atomic E-state index is -0.109. The SMILES string of the molecule is CC.CCc1cnn2c(NCc3ccc(=O)[nH]c3)cc(N3CCCCC3CCO)nc12. The number of aryl methyl sites for hydroxylation is 1. The van der Waals surface area contributed by atoms with Gasteiger partial charge in [-0.15, -0.1) is 0 Å². The second kappa shape index (κ2) is 10.9. The van der Waals surface area contributed by atoms with Crippen LogP contribution in [0.1, 0.15) is 57.6 Å². The zero-order valence-corrected chi connectivity index (χ0v) is 18.8. The Morgan fingerprint density at radius 1 is 1.29 bits per heavy atom. The quantitative estimate of drug-likeness (QED) is 0.536. The van der Waals surface area contributed by atoms with Gasteiger partial charge in [0, 0.05) is 49.6 Å². The summed E-state index contributed by atoms with van der Waals surface area (Å²) in [5.41, 5.74) is 2.84. The molecule has 1 atom stereocenters. The molecule has 0 saturated carbocycles. The van der Waals surface area contributed by atoms with E-state index in [1.165, 1.54) is 12.5 Å². The number of H-pyrrole nitrogens is 1. The maximum Gasteiger partial charge on any atom is 0.247 e. The maximum atomic E-state index is 11.3. The van der Waals surface area contributed by atoms with Gasteiger partial charge >= 0.3 is 0 Å². The van der Waals surface area contributed by atoms with Gasteiger partial charge in [-0.1, -0.05) is 26.8 Å². The number of piperidine rings is 1. The van der Waals surface area contributed by atoms with Crippen LogP contribution < -0.4 is 15.8 Å². The highest BCUT2D eigenvalue weighted by Gasteiger charge is 2.24. The molecule has 8 nitrogen and oxygen atoms in total. The molecule has 8 heteroatoms. The molecule has 31 heavy (non-hydrogen) atoms. The van der Waals surface area contributed by atoms with Gasteiger partial charge in [-0.25, -0.2) is 4.98 Å². The summed E-state index contributed by atoms with van der Waals surface area (Å²) in [6.07, 6.45) is 8.61. The molecule has 3 N–H and O–H groups in total. The minimum Gasteiger partial charge on any atom is -0.396 e. The first-order chi connectivity index (χ1) is 15.2. The molecule has 0 aliphatic carbocycles. The van der Waals surface area contributed by atoms with Crippen molar-refractivity contribution in [2.75, 3.05) is 23.4 Å². The molecular weight excluding hydrogens is 392 g/mol. The maximum absolute atomic E-state index is 11.3. The van der Waals surface area contributed by atoms with Gasteiger partial charge in [-0.2, -0.15) is 9.61 Å². The van der Waals surface area contributed by atoms with Gasteiger partial charge in [-0.3, -0.25) is 4.79 Å². The van der Waals surface area contributed by atoms with Crippen molar-refractivity contribution in [2.24, 2.45) is 0 Å². The van der Waals surface area contributed by atoms with Gasteiger partial charge < -0.3 is 20.3 Å². The molecular formula is C23H34N6O2. The van der Waals surface area contributed by atoms with Crippen molar-refractivity contribution in [3.63, 3.8) is 0 Å². The van der Waals surface area contributed by atoms with E-state index in [-0.39, 0.29) is 12.2 Å². The third kappa shape index (κ3) is 5.25. The molecule has 1 aliphatic rings. The number of nitrogens with zero attached hydrogens (tertiary/aromatic N) is 4. The molecule has 3 aromatic rings. The second-order valence-corrected chi connectivity index (χ2v) is 7.53. The fourth-order valence-electron chi connectivity index (χ4n) is 4.01. The molecule has 1 fully saturated rings. The Balaban J connectivity index is 0.00000132. The Hall–Kier alpha value is -2.87. The zero-order chi connectivity index (χ0) is 22.2. The number of aromatic amines is 1. The summed E-state index contributed by atoms with van der Waals surface area (Å²) in [6.45, 7) is 7.81. The Bertz CT molecular complexity index is 1010. The van der Waals surface area contributed by atoms with Crippen LogP contribution in [0.2, 0.25) is 0 Å². The third-order valence-electron chi connectivity index (χ3n) is 5.62. The highest BCUT2D eigenvalue weighted by Crippen LogP contribution is 2.28. The highest BCUT2D eigenvalue weighted by molar-refractivity contribution is 5.61. The van der Waals surface area contributed by atoms with Crippen LogP contribution in [0.5, 0.6) is 0 Å². The van der Waals surface area contributed by atoms with E-state index in [2.05, 4.69) is 27.2 Å². The lowest BCUT2D eigenvalue weighted by atomic mass is 9.99. The van der Waals surface area contributed by atoms with Gasteiger partial charge in [0.25, 0.3) is 0 Å². The number of hydrogen-bond donors (Lipinski definition) is 3. The summed E-state index contributed by atoms with van der Waals surface area (Å²) in [7, 11) is 0. The number of fused-ring (bicyclic) bond motifs is 1. The van der Waals surface area contributed by atoms with Gasteiger partial charge in [-0.05, 0) is 37.7 Å². The minimum absolute atomic E-state index is 0.109. The number of nitrogens with one attached hydrogen (secondary N) is 2. The molecule has 0 aromatic carbocycles. The van der Waals surface area contributed by atoms with E-state index in [0.717, 1.165) is 60.6 Å². The fourth-order valence-corrected chi connectivity index (χ4v) is 4.01. The summed E-state index contributed by atoms with van der Waals surface area (Å²) in [5, 5.41) is 17.5. The monoisotopic (exact) mass is 426 g/mol. The van der Waals surface area contributed by atoms with E-state index < -0.39 is 0 Å². The van der Waals surface area contributed by atoms with E-state index in [0.29, 0.717) is 12.6 Å². The number of aliphatic hydroxyl groups is 1. The first kappa shape index (κ1) is 22.8. The van der Waals surface area contributed by atoms with Gasteiger partial charge in [0.2, 0.25) is 5.56 Å². The molecule has 0 spiro atoms. The molecule has 1 saturated heterocycles. The predicted octanol–water partition coefficient (Wildman–Crippen LogP) is 3.36. The van der Waals surface area contributed by atoms with Crippen molar-refractivity contribution in [3.05, 3.63) is 52.1 Å². The van der Waals surface area contributed by atoms with Crippen molar-refractivity contribution < 1.29 is 5.11 Å². The zero-order valence-electron chi connectivity index (χ0n) is 18.8. The van der Waals surface area contributed by atoms with Gasteiger partial charge in [0.1, 0.15) is 11.6 Å². The predicted molar refractivity (Wildman–Crippen MR) is 125 cm³/mol. The Morgan fingerprint density at radius 3 is 2.84 bits per heavy atom. The van der Waals surface area contributed by atoms with Crippen LogP contribution in [-0.2, 0) is 13.0 Å². The van der Waals surface area contributed by atoms with Crippen molar-refractivity contribution in [1.82, 2.24) is 19.6 Å². The van der Waals surface area contributed by atoms with Crippen LogP contribution in [0.3, 0.4) is 0 Å². The standard InChI is InChI=1S/C21H28N6O2.C2H6/c1-2-16-14-24-27-18(22-12-15-6-7-20(29)23-13-15)11-19(25-21(16)27)26-9-4-3-5-17(26)8-10-28;1-2/h6-7,11,13-14,17,22,28H,2-5,8-10,12H2,1H3,(H,23,29);1-2H3. The third-order valence-corrected chi connectivity index (χ3v) is 5.62. The van der Waals surface area contributed by atoms with Crippen LogP contribution >= 0.6 is 0 Å². The molecule has 1 aliphatic heterocycles. The average Bonchev–Trinajstić information content (AvgIpc) is 3.23. The molecule has 4 heterocycles. The molecule has 0 radical (unpaired) electrons. The van der Waals surface area contributed by atoms with Gasteiger partial charge in [0.05, 0.1) is 6.20 Å². The molecule has 168 valence electrons. The Morgan fingerprint density at radius 2 is 2.13 bits per heavy atom. The summed E-state index contributed by atoms with van der Waals surface area (Å²) < 4.78 is 1.85. The summed E-state index contributed by atoms with van der Waals surface area (Å²) >= 11 is 0. The van der Waals surface area contributed by atoms with E-state index in [1.807, 2.05) is 36.7 Å². The van der Waals surface area contributed by atoms with E-state index in [4.69, 9.17) is 4.98 Å². The van der Waals surface area contributed by atoms with Crippen LogP contribution in [0.4, 0.5) is 11.6 Å². The average molecular weight is 427 g/mol. The molecule has 0 amide bonds. The molecule has 3 aromatic heterocycles. The van der Waals surface area contributed by atoms with Crippen LogP contribution in [0, 0.1) is 0 Å². The number of rotatable bonds is 7. The molecule has 1 unspecified atom stereocenters. The number of anilines is 2. The smallest absolute Gasteiger partial charge is 0.247 e. The number of pyridine rings is 1. The van der Waals surface area contributed by atoms with Crippen molar-refractivity contribution in [2.45, 2.75) is 65.5 Å². The normalized spacial score (nSPS) is 16.1. The lowest BCUT2D eigenvalue weighted by Gasteiger charge is -2.36. The van der Waals surface area contributed by atoms with Gasteiger partial charge in [0.15, 0.2) is 5.65 Å². The number of hydrogen-bond acceptors (Lipinski definition) is 6. The lowest BCUT2D eigenvalue weighted by Crippen LogP contribution is -2.40. The van der Waals surface area contributed by atoms with Crippen LogP contribution in [-0.4, -0.2) is 43.9 Å². The lowest BCUT2D eigenvalue weighted by molar-refractivity contribution is 0.262. The van der Waals surface area contributed by atoms with E-state index in [9.17, 15) is 9.90 Å². The highest BCUT2D eigenvalue weighted by atomic mass is 16.3. The van der Waals surface area contributed by atoms with Crippen LogP contribution in [0.15, 0.2) is 35.4 Å². The second-order valence-electron chi connectivity index (χ2n) is 7.53. The van der Waals surface area contributed by atoms with Crippen molar-refractivity contribution in [3.8, 4) is 0 Å². The first-order valence-corrected chi connectivity index (χ1v) is 11.4. The Labute approximate surface area is 183 Å². The number of aliphatic hydroxyl groups excluding tert-OH is 1. The summed E-state index contributed by atoms with van der Waals surface area (Å²) in [5.74, 6) is 1.79. The summed E-state index contributed by atoms with van der Waals surface area (Å²) in [4.78, 5) is 21.3. The van der Waals surface area contributed by atoms with E-state index >= 15 is 0 Å². The molecule has 0 bridgehead atoms. The first-order valence-electron chi connectivity index (χ1n) is 11.4.